The van der Waals surface area contributed by atoms with Gasteiger partial charge in [-0.3, -0.25) is 4.79 Å². The number of rotatable bonds is 4. The zero-order chi connectivity index (χ0) is 26.2. The SMILES string of the molecule is C=C(Cl)/N=C1/N=C(N2CCN(C(=O)c3cc(F)c(-c4nnn(CC(C)(C)C)n4)c(F)c3)CC2)OC1=C. The van der Waals surface area contributed by atoms with Gasteiger partial charge in [0, 0.05) is 31.7 Å². The number of aliphatic imine (C=N–C) groups is 2. The smallest absolute Gasteiger partial charge is 0.300 e. The van der Waals surface area contributed by atoms with Crippen LogP contribution in [0.2, 0.25) is 0 Å². The van der Waals surface area contributed by atoms with Gasteiger partial charge in [-0.2, -0.15) is 9.79 Å². The standard InChI is InChI=1S/C23H25ClF2N8O2/c1-13-19(27-14(2)24)28-22(36-13)33-8-6-32(7-9-33)21(35)15-10-16(25)18(17(26)11-15)20-29-31-34(30-20)12-23(3,4)5/h10-11H,1-2,6-9,12H2,3-5H3/b27-19+. The molecule has 2 aromatic rings. The van der Waals surface area contributed by atoms with E-state index < -0.39 is 23.1 Å². The summed E-state index contributed by atoms with van der Waals surface area (Å²) < 4.78 is 35.3. The van der Waals surface area contributed by atoms with E-state index in [-0.39, 0.29) is 52.7 Å². The van der Waals surface area contributed by atoms with Crippen LogP contribution in [0, 0.1) is 17.0 Å². The van der Waals surface area contributed by atoms with Gasteiger partial charge >= 0.3 is 0 Å². The molecule has 1 fully saturated rings. The van der Waals surface area contributed by atoms with Gasteiger partial charge in [0.1, 0.15) is 16.8 Å². The first-order valence-corrected chi connectivity index (χ1v) is 11.5. The molecule has 0 spiro atoms. The van der Waals surface area contributed by atoms with Crippen molar-refractivity contribution in [1.29, 1.82) is 0 Å². The van der Waals surface area contributed by atoms with E-state index in [0.717, 1.165) is 12.1 Å². The number of halogens is 3. The molecule has 10 nitrogen and oxygen atoms in total. The molecule has 1 aromatic carbocycles. The highest BCUT2D eigenvalue weighted by Crippen LogP contribution is 2.26. The predicted molar refractivity (Wildman–Crippen MR) is 130 cm³/mol. The number of hydrogen-bond donors (Lipinski definition) is 0. The number of ether oxygens (including phenoxy) is 1. The minimum atomic E-state index is -0.938. The molecule has 0 aliphatic carbocycles. The van der Waals surface area contributed by atoms with E-state index in [2.05, 4.69) is 38.6 Å². The summed E-state index contributed by atoms with van der Waals surface area (Å²) in [5.74, 6) is -2.09. The van der Waals surface area contributed by atoms with Gasteiger partial charge in [-0.1, -0.05) is 45.5 Å². The molecule has 1 amide bonds. The second kappa shape index (κ2) is 9.76. The maximum Gasteiger partial charge on any atom is 0.300 e. The topological polar surface area (TPSA) is 101 Å². The van der Waals surface area contributed by atoms with Crippen molar-refractivity contribution in [3.05, 3.63) is 53.4 Å². The third kappa shape index (κ3) is 5.59. The number of carbonyl (C=O) groups excluding carboxylic acids is 1. The Hall–Kier alpha value is -3.67. The van der Waals surface area contributed by atoms with Gasteiger partial charge in [0.25, 0.3) is 11.9 Å². The third-order valence-corrected chi connectivity index (χ3v) is 5.40. The second-order valence-corrected chi connectivity index (χ2v) is 9.97. The lowest BCUT2D eigenvalue weighted by Crippen LogP contribution is -2.50. The fourth-order valence-corrected chi connectivity index (χ4v) is 3.78. The molecule has 3 heterocycles. The Morgan fingerprint density at radius 2 is 1.83 bits per heavy atom. The van der Waals surface area contributed by atoms with Crippen molar-refractivity contribution in [3.63, 3.8) is 0 Å². The first-order valence-electron chi connectivity index (χ1n) is 11.1. The molecule has 4 rings (SSSR count). The van der Waals surface area contributed by atoms with Gasteiger partial charge < -0.3 is 14.5 Å². The maximum atomic E-state index is 14.9. The van der Waals surface area contributed by atoms with Gasteiger partial charge in [0.15, 0.2) is 5.76 Å². The minimum Gasteiger partial charge on any atom is -0.422 e. The van der Waals surface area contributed by atoms with Crippen LogP contribution in [0.15, 0.2) is 46.2 Å². The second-order valence-electron chi connectivity index (χ2n) is 9.53. The minimum absolute atomic E-state index is 0.0472. The van der Waals surface area contributed by atoms with Crippen LogP contribution in [0.3, 0.4) is 0 Å². The van der Waals surface area contributed by atoms with Crippen LogP contribution < -0.4 is 0 Å². The van der Waals surface area contributed by atoms with E-state index in [4.69, 9.17) is 16.3 Å². The number of tetrazole rings is 1. The molecule has 0 atom stereocenters. The van der Waals surface area contributed by atoms with Crippen molar-refractivity contribution in [3.8, 4) is 11.4 Å². The number of piperazine rings is 1. The summed E-state index contributed by atoms with van der Waals surface area (Å²) in [5, 5.41) is 11.8. The van der Waals surface area contributed by atoms with Crippen molar-refractivity contribution < 1.29 is 18.3 Å². The van der Waals surface area contributed by atoms with Crippen LogP contribution in [0.1, 0.15) is 31.1 Å². The van der Waals surface area contributed by atoms with E-state index in [1.807, 2.05) is 25.7 Å². The normalized spacial score (nSPS) is 17.4. The first kappa shape index (κ1) is 25.4. The van der Waals surface area contributed by atoms with Crippen molar-refractivity contribution in [2.75, 3.05) is 26.2 Å². The van der Waals surface area contributed by atoms with Crippen molar-refractivity contribution in [2.24, 2.45) is 15.4 Å². The lowest BCUT2D eigenvalue weighted by Gasteiger charge is -2.34. The van der Waals surface area contributed by atoms with E-state index >= 15 is 0 Å². The molecule has 2 aliphatic rings. The molecule has 1 aromatic heterocycles. The highest BCUT2D eigenvalue weighted by Gasteiger charge is 2.30. The van der Waals surface area contributed by atoms with Crippen LogP contribution >= 0.6 is 11.6 Å². The number of benzene rings is 1. The highest BCUT2D eigenvalue weighted by atomic mass is 35.5. The van der Waals surface area contributed by atoms with Crippen LogP contribution in [-0.2, 0) is 11.3 Å². The summed E-state index contributed by atoms with van der Waals surface area (Å²) in [6.07, 6.45) is 0. The molecule has 0 radical (unpaired) electrons. The summed E-state index contributed by atoms with van der Waals surface area (Å²) in [7, 11) is 0. The molecule has 13 heteroatoms. The van der Waals surface area contributed by atoms with Gasteiger partial charge in [-0.05, 0) is 22.8 Å². The lowest BCUT2D eigenvalue weighted by molar-refractivity contribution is 0.0678. The third-order valence-electron chi connectivity index (χ3n) is 5.31. The van der Waals surface area contributed by atoms with Gasteiger partial charge in [0.05, 0.1) is 12.1 Å². The quantitative estimate of drug-likeness (QED) is 0.575. The van der Waals surface area contributed by atoms with E-state index in [9.17, 15) is 13.6 Å². The Balaban J connectivity index is 1.44. The number of hydrogen-bond acceptors (Lipinski definition) is 7. The van der Waals surface area contributed by atoms with Crippen molar-refractivity contribution in [2.45, 2.75) is 27.3 Å². The van der Waals surface area contributed by atoms with Crippen molar-refractivity contribution >= 4 is 29.4 Å². The van der Waals surface area contributed by atoms with Crippen LogP contribution in [-0.4, -0.2) is 74.0 Å². The summed E-state index contributed by atoms with van der Waals surface area (Å²) >= 11 is 5.69. The highest BCUT2D eigenvalue weighted by molar-refractivity contribution is 6.30. The van der Waals surface area contributed by atoms with Gasteiger partial charge in [0.2, 0.25) is 11.7 Å². The van der Waals surface area contributed by atoms with E-state index in [0.29, 0.717) is 19.6 Å². The summed E-state index contributed by atoms with van der Waals surface area (Å²) in [4.78, 5) is 25.8. The maximum absolute atomic E-state index is 14.9. The average molecular weight is 519 g/mol. The largest absolute Gasteiger partial charge is 0.422 e. The molecule has 36 heavy (non-hydrogen) atoms. The summed E-state index contributed by atoms with van der Waals surface area (Å²) in [6.45, 7) is 14.9. The fourth-order valence-electron chi connectivity index (χ4n) is 3.70. The predicted octanol–water partition coefficient (Wildman–Crippen LogP) is 3.43. The Kier molecular flexibility index (Phi) is 6.90. The Morgan fingerprint density at radius 3 is 2.42 bits per heavy atom. The first-order chi connectivity index (χ1) is 16.9. The fraction of sp³-hybridized carbons (Fsp3) is 0.391. The average Bonchev–Trinajstić information content (AvgIpc) is 3.37. The Bertz CT molecular complexity index is 1270. The number of aromatic nitrogens is 4. The van der Waals surface area contributed by atoms with Crippen LogP contribution in [0.5, 0.6) is 0 Å². The van der Waals surface area contributed by atoms with Crippen molar-refractivity contribution in [1.82, 2.24) is 30.0 Å². The van der Waals surface area contributed by atoms with Crippen LogP contribution in [0.25, 0.3) is 11.4 Å². The molecule has 0 N–H and O–H groups in total. The summed E-state index contributed by atoms with van der Waals surface area (Å²) in [6, 6.07) is 2.28. The van der Waals surface area contributed by atoms with Crippen LogP contribution in [0.4, 0.5) is 8.78 Å². The number of nitrogens with zero attached hydrogens (tertiary/aromatic N) is 8. The molecule has 190 valence electrons. The monoisotopic (exact) mass is 518 g/mol. The molecule has 0 unspecified atom stereocenters. The Morgan fingerprint density at radius 1 is 1.19 bits per heavy atom. The molecular formula is C23H25ClF2N8O2. The zero-order valence-corrected chi connectivity index (χ0v) is 20.9. The zero-order valence-electron chi connectivity index (χ0n) is 20.1. The molecular weight excluding hydrogens is 494 g/mol. The van der Waals surface area contributed by atoms with E-state index in [1.54, 1.807) is 0 Å². The van der Waals surface area contributed by atoms with Gasteiger partial charge in [-0.25, -0.2) is 13.8 Å². The molecule has 0 saturated carbocycles. The molecule has 1 saturated heterocycles. The van der Waals surface area contributed by atoms with E-state index in [1.165, 1.54) is 9.70 Å². The lowest BCUT2D eigenvalue weighted by atomic mass is 9.97. The number of carbonyl (C=O) groups is 1. The van der Waals surface area contributed by atoms with Gasteiger partial charge in [-0.15, -0.1) is 10.2 Å². The number of amides is 1. The molecule has 2 aliphatic heterocycles. The molecule has 0 bridgehead atoms. The number of amidine groups is 2. The Labute approximate surface area is 211 Å². The summed E-state index contributed by atoms with van der Waals surface area (Å²) in [5.41, 5.74) is -0.679.